The van der Waals surface area contributed by atoms with Gasteiger partial charge >= 0.3 is 11.9 Å². The van der Waals surface area contributed by atoms with E-state index in [0.29, 0.717) is 25.5 Å². The summed E-state index contributed by atoms with van der Waals surface area (Å²) in [5, 5.41) is 14.2. The van der Waals surface area contributed by atoms with Gasteiger partial charge < -0.3 is 19.9 Å². The van der Waals surface area contributed by atoms with E-state index >= 15 is 0 Å². The minimum absolute atomic E-state index is 0.00180. The number of likely N-dealkylation sites (N-methyl/N-ethyl adjacent to an activating group) is 1. The van der Waals surface area contributed by atoms with Crippen LogP contribution >= 0.6 is 0 Å². The number of esters is 2. The Hall–Kier alpha value is -1.40. The molecule has 3 aliphatic rings. The lowest BCUT2D eigenvalue weighted by atomic mass is 9.42. The number of fused-ring (bicyclic) bond motifs is 3. The van der Waals surface area contributed by atoms with Gasteiger partial charge in [0.25, 0.3) is 0 Å². The average Bonchev–Trinajstić information content (AvgIpc) is 2.71. The van der Waals surface area contributed by atoms with Crippen LogP contribution in [0.1, 0.15) is 59.3 Å². The van der Waals surface area contributed by atoms with Crippen molar-refractivity contribution in [2.24, 2.45) is 34.5 Å². The summed E-state index contributed by atoms with van der Waals surface area (Å²) in [6.45, 7) is 7.49. The van der Waals surface area contributed by atoms with Crippen molar-refractivity contribution in [2.45, 2.75) is 65.4 Å². The molecular formula is C24H39NO5. The van der Waals surface area contributed by atoms with Gasteiger partial charge in [0, 0.05) is 12.6 Å². The first-order chi connectivity index (χ1) is 14.2. The zero-order valence-electron chi connectivity index (χ0n) is 19.2. The lowest BCUT2D eigenvalue weighted by Crippen LogP contribution is -2.60. The van der Waals surface area contributed by atoms with Crippen molar-refractivity contribution in [1.29, 1.82) is 0 Å². The highest BCUT2D eigenvalue weighted by atomic mass is 16.5. The highest BCUT2D eigenvalue weighted by Gasteiger charge is 2.62. The topological polar surface area (TPSA) is 84.9 Å². The monoisotopic (exact) mass is 421 g/mol. The van der Waals surface area contributed by atoms with Gasteiger partial charge in [0.2, 0.25) is 0 Å². The molecule has 3 aliphatic carbocycles. The molecule has 0 amide bonds. The van der Waals surface area contributed by atoms with Gasteiger partial charge in [-0.25, -0.2) is 4.79 Å². The number of carbonyl (C=O) groups excluding carboxylic acids is 2. The van der Waals surface area contributed by atoms with E-state index in [1.807, 2.05) is 14.0 Å². The van der Waals surface area contributed by atoms with E-state index in [4.69, 9.17) is 9.47 Å². The van der Waals surface area contributed by atoms with Crippen LogP contribution in [-0.2, 0) is 19.1 Å². The first-order valence-corrected chi connectivity index (χ1v) is 11.5. The van der Waals surface area contributed by atoms with Crippen molar-refractivity contribution in [3.8, 4) is 0 Å². The molecule has 0 heterocycles. The predicted molar refractivity (Wildman–Crippen MR) is 115 cm³/mol. The average molecular weight is 422 g/mol. The van der Waals surface area contributed by atoms with Crippen LogP contribution in [0.4, 0.5) is 0 Å². The zero-order valence-corrected chi connectivity index (χ0v) is 19.2. The molecule has 7 atom stereocenters. The molecular weight excluding hydrogens is 382 g/mol. The summed E-state index contributed by atoms with van der Waals surface area (Å²) in [5.41, 5.74) is 0.542. The second-order valence-electron chi connectivity index (χ2n) is 10.1. The molecule has 30 heavy (non-hydrogen) atoms. The van der Waals surface area contributed by atoms with Gasteiger partial charge in [0.15, 0.2) is 0 Å². The molecule has 2 N–H and O–H groups in total. The van der Waals surface area contributed by atoms with Crippen molar-refractivity contribution in [2.75, 3.05) is 27.3 Å². The highest BCUT2D eigenvalue weighted by molar-refractivity contribution is 5.83. The number of methoxy groups -OCH3 is 1. The Morgan fingerprint density at radius 3 is 2.70 bits per heavy atom. The molecule has 0 aromatic rings. The van der Waals surface area contributed by atoms with Crippen LogP contribution in [0.3, 0.4) is 0 Å². The molecule has 3 rings (SSSR count). The number of carbonyl (C=O) groups is 2. The molecule has 0 aromatic carbocycles. The molecule has 170 valence electrons. The number of hydrogen-bond acceptors (Lipinski definition) is 6. The van der Waals surface area contributed by atoms with E-state index in [2.05, 4.69) is 19.2 Å². The number of ether oxygens (including phenoxy) is 2. The minimum Gasteiger partial charge on any atom is -0.469 e. The van der Waals surface area contributed by atoms with E-state index in [-0.39, 0.29) is 35.1 Å². The fourth-order valence-corrected chi connectivity index (χ4v) is 7.12. The lowest BCUT2D eigenvalue weighted by molar-refractivity contribution is -0.189. The van der Waals surface area contributed by atoms with Crippen LogP contribution < -0.4 is 5.32 Å². The summed E-state index contributed by atoms with van der Waals surface area (Å²) in [7, 11) is 3.29. The molecule has 6 heteroatoms. The largest absolute Gasteiger partial charge is 0.469 e. The molecule has 3 fully saturated rings. The zero-order chi connectivity index (χ0) is 22.1. The van der Waals surface area contributed by atoms with E-state index in [9.17, 15) is 14.7 Å². The third-order valence-corrected chi connectivity index (χ3v) is 8.67. The van der Waals surface area contributed by atoms with Gasteiger partial charge in [-0.3, -0.25) is 4.79 Å². The van der Waals surface area contributed by atoms with E-state index in [1.165, 1.54) is 7.11 Å². The highest BCUT2D eigenvalue weighted by Crippen LogP contribution is 2.65. The van der Waals surface area contributed by atoms with Crippen LogP contribution in [0.25, 0.3) is 0 Å². The molecule has 0 spiro atoms. The normalized spacial score (nSPS) is 42.2. The maximum Gasteiger partial charge on any atom is 0.330 e. The Morgan fingerprint density at radius 2 is 2.03 bits per heavy atom. The maximum absolute atomic E-state index is 12.7. The van der Waals surface area contributed by atoms with Gasteiger partial charge in [0.05, 0.1) is 18.6 Å². The number of aliphatic hydroxyl groups excluding tert-OH is 1. The summed E-state index contributed by atoms with van der Waals surface area (Å²) in [6.07, 6.45) is 6.48. The summed E-state index contributed by atoms with van der Waals surface area (Å²) in [4.78, 5) is 24.9. The van der Waals surface area contributed by atoms with Crippen LogP contribution in [0.15, 0.2) is 11.6 Å². The molecule has 6 nitrogen and oxygen atoms in total. The first-order valence-electron chi connectivity index (χ1n) is 11.5. The summed E-state index contributed by atoms with van der Waals surface area (Å²) in [5.74, 6) is 0.249. The van der Waals surface area contributed by atoms with Gasteiger partial charge in [-0.15, -0.1) is 0 Å². The van der Waals surface area contributed by atoms with Crippen molar-refractivity contribution in [3.63, 3.8) is 0 Å². The Kier molecular flexibility index (Phi) is 6.97. The van der Waals surface area contributed by atoms with Crippen molar-refractivity contribution in [3.05, 3.63) is 11.6 Å². The van der Waals surface area contributed by atoms with Crippen LogP contribution in [0.5, 0.6) is 0 Å². The Balaban J connectivity index is 1.83. The van der Waals surface area contributed by atoms with E-state index < -0.39 is 11.5 Å². The van der Waals surface area contributed by atoms with Crippen LogP contribution in [-0.4, -0.2) is 50.5 Å². The van der Waals surface area contributed by atoms with Crippen molar-refractivity contribution >= 4 is 11.9 Å². The Morgan fingerprint density at radius 1 is 1.30 bits per heavy atom. The third kappa shape index (κ3) is 3.93. The number of rotatable bonds is 5. The molecule has 3 saturated carbocycles. The van der Waals surface area contributed by atoms with Crippen molar-refractivity contribution in [1.82, 2.24) is 5.32 Å². The number of hydrogen-bond donors (Lipinski definition) is 2. The predicted octanol–water partition coefficient (Wildman–Crippen LogP) is 3.09. The summed E-state index contributed by atoms with van der Waals surface area (Å²) in [6, 6.07) is 0. The van der Waals surface area contributed by atoms with Crippen LogP contribution in [0, 0.1) is 34.5 Å². The number of nitrogens with one attached hydrogen (secondary N) is 1. The summed E-state index contributed by atoms with van der Waals surface area (Å²) >= 11 is 0. The SMILES string of the molecule is CNCCOC(=O)/C=C1\CCC2C(C(O)CC3[C@]2(C)CCC[C@]3(C)C(=O)OC)[C@H]1C. The van der Waals surface area contributed by atoms with Gasteiger partial charge in [-0.2, -0.15) is 0 Å². The molecule has 0 bridgehead atoms. The van der Waals surface area contributed by atoms with Gasteiger partial charge in [-0.05, 0) is 75.2 Å². The third-order valence-electron chi connectivity index (χ3n) is 8.67. The smallest absolute Gasteiger partial charge is 0.330 e. The maximum atomic E-state index is 12.7. The van der Waals surface area contributed by atoms with E-state index in [1.54, 1.807) is 6.08 Å². The van der Waals surface area contributed by atoms with Crippen LogP contribution in [0.2, 0.25) is 0 Å². The standard InChI is InChI=1S/C24H39NO5/c1-15-16(13-20(27)30-12-11-25-4)7-8-17-21(15)18(26)14-19-23(17,2)9-6-10-24(19,3)22(28)29-5/h13,15,17-19,21,25-26H,6-12,14H2,1-5H3/b16-13+/t15-,17?,18?,19?,21?,23+,24-/m0/s1. The van der Waals surface area contributed by atoms with Crippen molar-refractivity contribution < 1.29 is 24.2 Å². The molecule has 0 aromatic heterocycles. The number of allylic oxidation sites excluding steroid dienone is 1. The fraction of sp³-hybridized carbons (Fsp3) is 0.833. The second-order valence-corrected chi connectivity index (χ2v) is 10.1. The Labute approximate surface area is 180 Å². The molecule has 4 unspecified atom stereocenters. The van der Waals surface area contributed by atoms with E-state index in [0.717, 1.165) is 37.7 Å². The quantitative estimate of drug-likeness (QED) is 0.403. The summed E-state index contributed by atoms with van der Waals surface area (Å²) < 4.78 is 10.5. The first kappa shape index (κ1) is 23.3. The van der Waals surface area contributed by atoms with Gasteiger partial charge in [-0.1, -0.05) is 25.8 Å². The van der Waals surface area contributed by atoms with Gasteiger partial charge in [0.1, 0.15) is 6.61 Å². The molecule has 0 saturated heterocycles. The second kappa shape index (κ2) is 8.99. The Bertz CT molecular complexity index is 691. The molecule has 0 aliphatic heterocycles. The minimum atomic E-state index is -0.538. The number of aliphatic hydroxyl groups is 1. The fourth-order valence-electron chi connectivity index (χ4n) is 7.12. The molecule has 0 radical (unpaired) electrons. The lowest BCUT2D eigenvalue weighted by Gasteiger charge is -2.62.